The van der Waals surface area contributed by atoms with Crippen molar-refractivity contribution in [3.8, 4) is 0 Å². The van der Waals surface area contributed by atoms with Crippen molar-refractivity contribution >= 4 is 17.2 Å². The summed E-state index contributed by atoms with van der Waals surface area (Å²) in [6.45, 7) is 1.12. The van der Waals surface area contributed by atoms with Crippen LogP contribution in [0.15, 0.2) is 42.6 Å². The van der Waals surface area contributed by atoms with Crippen LogP contribution >= 0.6 is 12.2 Å². The van der Waals surface area contributed by atoms with Gasteiger partial charge in [0.15, 0.2) is 0 Å². The van der Waals surface area contributed by atoms with Crippen molar-refractivity contribution in [2.75, 3.05) is 7.05 Å². The molecule has 2 rings (SSSR count). The number of nitrogens with two attached hydrogens (primary N) is 1. The van der Waals surface area contributed by atoms with Crippen LogP contribution in [0.25, 0.3) is 0 Å². The summed E-state index contributed by atoms with van der Waals surface area (Å²) in [6.07, 6.45) is 1.75. The van der Waals surface area contributed by atoms with Gasteiger partial charge in [-0.3, -0.25) is 9.88 Å². The molecule has 3 nitrogen and oxygen atoms in total. The summed E-state index contributed by atoms with van der Waals surface area (Å²) >= 11 is 4.84. The van der Waals surface area contributed by atoms with Crippen LogP contribution in [0.2, 0.25) is 0 Å². The highest BCUT2D eigenvalue weighted by molar-refractivity contribution is 7.80. The zero-order valence-electron chi connectivity index (χ0n) is 11.2. The maximum Gasteiger partial charge on any atom is 0.137 e. The summed E-state index contributed by atoms with van der Waals surface area (Å²) in [5, 5.41) is 0. The topological polar surface area (TPSA) is 42.2 Å². The Bertz CT molecular complexity index is 601. The van der Waals surface area contributed by atoms with Gasteiger partial charge in [-0.15, -0.1) is 0 Å². The van der Waals surface area contributed by atoms with Crippen molar-refractivity contribution in [3.05, 3.63) is 65.2 Å². The van der Waals surface area contributed by atoms with Gasteiger partial charge < -0.3 is 5.73 Å². The van der Waals surface area contributed by atoms with Gasteiger partial charge >= 0.3 is 0 Å². The molecule has 0 saturated heterocycles. The van der Waals surface area contributed by atoms with E-state index in [9.17, 15) is 4.39 Å². The van der Waals surface area contributed by atoms with E-state index in [1.807, 2.05) is 30.1 Å². The molecule has 1 aromatic carbocycles. The molecule has 0 aliphatic rings. The van der Waals surface area contributed by atoms with E-state index in [2.05, 4.69) is 4.98 Å². The number of hydrogen-bond donors (Lipinski definition) is 1. The van der Waals surface area contributed by atoms with Crippen LogP contribution in [0.1, 0.15) is 16.8 Å². The number of pyridine rings is 1. The Kier molecular flexibility index (Phi) is 4.76. The van der Waals surface area contributed by atoms with E-state index >= 15 is 0 Å². The third-order valence-electron chi connectivity index (χ3n) is 2.94. The highest BCUT2D eigenvalue weighted by Crippen LogP contribution is 2.15. The van der Waals surface area contributed by atoms with Gasteiger partial charge in [0.1, 0.15) is 10.8 Å². The van der Waals surface area contributed by atoms with Gasteiger partial charge in [0.05, 0.1) is 5.69 Å². The van der Waals surface area contributed by atoms with E-state index in [0.29, 0.717) is 24.2 Å². The fourth-order valence-electron chi connectivity index (χ4n) is 2.01. The summed E-state index contributed by atoms with van der Waals surface area (Å²) in [4.78, 5) is 6.32. The predicted molar refractivity (Wildman–Crippen MR) is 81.7 cm³/mol. The van der Waals surface area contributed by atoms with Gasteiger partial charge in [-0.25, -0.2) is 4.39 Å². The largest absolute Gasteiger partial charge is 0.389 e. The highest BCUT2D eigenvalue weighted by Gasteiger charge is 2.12. The number of rotatable bonds is 5. The molecular formula is C15H16FN3S. The molecule has 0 aliphatic heterocycles. The normalized spacial score (nSPS) is 10.8. The molecule has 104 valence electrons. The molecule has 0 aliphatic carbocycles. The van der Waals surface area contributed by atoms with Gasteiger partial charge in [0, 0.05) is 30.4 Å². The van der Waals surface area contributed by atoms with E-state index in [1.165, 1.54) is 0 Å². The first kappa shape index (κ1) is 14.6. The molecule has 20 heavy (non-hydrogen) atoms. The molecule has 0 saturated carbocycles. The molecule has 0 unspecified atom stereocenters. The maximum atomic E-state index is 14.2. The second-order valence-corrected chi connectivity index (χ2v) is 5.08. The minimum Gasteiger partial charge on any atom is -0.389 e. The number of thiocarbonyl (C=S) groups is 1. The van der Waals surface area contributed by atoms with Gasteiger partial charge in [-0.1, -0.05) is 30.4 Å². The lowest BCUT2D eigenvalue weighted by Gasteiger charge is -2.17. The molecule has 0 fully saturated rings. The summed E-state index contributed by atoms with van der Waals surface area (Å²) < 4.78 is 14.2. The van der Waals surface area contributed by atoms with Crippen molar-refractivity contribution in [1.29, 1.82) is 0 Å². The molecule has 0 amide bonds. The minimum absolute atomic E-state index is 0.0803. The smallest absolute Gasteiger partial charge is 0.137 e. The van der Waals surface area contributed by atoms with E-state index < -0.39 is 0 Å². The molecule has 0 spiro atoms. The van der Waals surface area contributed by atoms with E-state index in [-0.39, 0.29) is 10.8 Å². The van der Waals surface area contributed by atoms with Crippen LogP contribution in [0.5, 0.6) is 0 Å². The Labute approximate surface area is 123 Å². The lowest BCUT2D eigenvalue weighted by atomic mass is 10.1. The van der Waals surface area contributed by atoms with Crippen LogP contribution in [0, 0.1) is 5.82 Å². The van der Waals surface area contributed by atoms with Crippen molar-refractivity contribution in [1.82, 2.24) is 9.88 Å². The molecule has 2 aromatic rings. The number of aromatic nitrogens is 1. The standard InChI is InChI=1S/C15H16FN3S/c1-19(10-12-6-2-3-8-18-12)9-11-5-4-7-13(14(11)16)15(17)20/h2-8H,9-10H2,1H3,(H2,17,20). The molecule has 1 aromatic heterocycles. The van der Waals surface area contributed by atoms with Crippen LogP contribution < -0.4 is 5.73 Å². The summed E-state index contributed by atoms with van der Waals surface area (Å²) in [5.41, 5.74) is 7.32. The molecule has 1 heterocycles. The number of nitrogens with zero attached hydrogens (tertiary/aromatic N) is 2. The average molecular weight is 289 g/mol. The van der Waals surface area contributed by atoms with E-state index in [4.69, 9.17) is 18.0 Å². The Balaban J connectivity index is 2.10. The minimum atomic E-state index is -0.340. The summed E-state index contributed by atoms with van der Waals surface area (Å²) in [7, 11) is 1.92. The summed E-state index contributed by atoms with van der Waals surface area (Å²) in [5.74, 6) is -0.340. The fraction of sp³-hybridized carbons (Fsp3) is 0.200. The number of benzene rings is 1. The zero-order valence-corrected chi connectivity index (χ0v) is 12.0. The van der Waals surface area contributed by atoms with Crippen LogP contribution in [0.3, 0.4) is 0 Å². The lowest BCUT2D eigenvalue weighted by molar-refractivity contribution is 0.309. The second kappa shape index (κ2) is 6.54. The lowest BCUT2D eigenvalue weighted by Crippen LogP contribution is -2.20. The average Bonchev–Trinajstić information content (AvgIpc) is 2.42. The van der Waals surface area contributed by atoms with Gasteiger partial charge in [-0.2, -0.15) is 0 Å². The Hall–Kier alpha value is -1.85. The van der Waals surface area contributed by atoms with Crippen molar-refractivity contribution in [2.45, 2.75) is 13.1 Å². The summed E-state index contributed by atoms with van der Waals surface area (Å²) in [6, 6.07) is 10.9. The molecule has 5 heteroatoms. The second-order valence-electron chi connectivity index (χ2n) is 4.64. The van der Waals surface area contributed by atoms with Gasteiger partial charge in [0.25, 0.3) is 0 Å². The molecule has 2 N–H and O–H groups in total. The number of hydrogen-bond acceptors (Lipinski definition) is 3. The first-order valence-corrected chi connectivity index (χ1v) is 6.64. The van der Waals surface area contributed by atoms with Crippen molar-refractivity contribution < 1.29 is 4.39 Å². The van der Waals surface area contributed by atoms with Crippen molar-refractivity contribution in [3.63, 3.8) is 0 Å². The Morgan fingerprint density at radius 1 is 1.25 bits per heavy atom. The third kappa shape index (κ3) is 3.59. The Morgan fingerprint density at radius 2 is 2.05 bits per heavy atom. The molecule has 0 atom stereocenters. The van der Waals surface area contributed by atoms with Crippen LogP contribution in [0.4, 0.5) is 4.39 Å². The Morgan fingerprint density at radius 3 is 2.70 bits per heavy atom. The first-order valence-electron chi connectivity index (χ1n) is 6.23. The van der Waals surface area contributed by atoms with Gasteiger partial charge in [-0.05, 0) is 25.2 Å². The molecular weight excluding hydrogens is 273 g/mol. The fourth-order valence-corrected chi connectivity index (χ4v) is 2.16. The monoisotopic (exact) mass is 289 g/mol. The first-order chi connectivity index (χ1) is 9.58. The quantitative estimate of drug-likeness (QED) is 0.859. The SMILES string of the molecule is CN(Cc1ccccn1)Cc1cccc(C(N)=S)c1F. The zero-order chi connectivity index (χ0) is 14.5. The molecule has 0 bridgehead atoms. The predicted octanol–water partition coefficient (Wildman–Crippen LogP) is 2.49. The van der Waals surface area contributed by atoms with Crippen LogP contribution in [-0.4, -0.2) is 21.9 Å². The maximum absolute atomic E-state index is 14.2. The van der Waals surface area contributed by atoms with Crippen molar-refractivity contribution in [2.24, 2.45) is 5.73 Å². The van der Waals surface area contributed by atoms with E-state index in [1.54, 1.807) is 24.4 Å². The van der Waals surface area contributed by atoms with E-state index in [0.717, 1.165) is 5.69 Å². The molecule has 0 radical (unpaired) electrons. The number of halogens is 1. The third-order valence-corrected chi connectivity index (χ3v) is 3.16. The van der Waals surface area contributed by atoms with Crippen LogP contribution in [-0.2, 0) is 13.1 Å². The van der Waals surface area contributed by atoms with Gasteiger partial charge in [0.2, 0.25) is 0 Å². The highest BCUT2D eigenvalue weighted by atomic mass is 32.1.